The maximum atomic E-state index is 12.2. The van der Waals surface area contributed by atoms with E-state index in [0.717, 1.165) is 0 Å². The van der Waals surface area contributed by atoms with Gasteiger partial charge in [0.15, 0.2) is 0 Å². The van der Waals surface area contributed by atoms with Gasteiger partial charge in [0, 0.05) is 0 Å². The molecular weight excluding hydrogens is 214 g/mol. The number of allylic oxidation sites excluding steroid dienone is 2. The Labute approximate surface area is 99.7 Å². The average Bonchev–Trinajstić information content (AvgIpc) is 2.64. The smallest absolute Gasteiger partial charge is 0.238 e. The van der Waals surface area contributed by atoms with Crippen LogP contribution in [0.5, 0.6) is 0 Å². The molecule has 0 saturated carbocycles. The monoisotopic (exact) mass is 227 g/mol. The molecule has 1 aliphatic carbocycles. The van der Waals surface area contributed by atoms with Gasteiger partial charge in [-0.1, -0.05) is 30.4 Å². The molecule has 0 spiro atoms. The van der Waals surface area contributed by atoms with Crippen LogP contribution in [0.2, 0.25) is 0 Å². The predicted octanol–water partition coefficient (Wildman–Crippen LogP) is 2.14. The quantitative estimate of drug-likeness (QED) is 0.544. The number of fused-ring (bicyclic) bond motifs is 1. The molecule has 1 aromatic carbocycles. The van der Waals surface area contributed by atoms with Gasteiger partial charge >= 0.3 is 0 Å². The highest BCUT2D eigenvalue weighted by Gasteiger charge is 2.47. The summed E-state index contributed by atoms with van der Waals surface area (Å²) in [6.07, 6.45) is 5.39. The van der Waals surface area contributed by atoms with E-state index in [9.17, 15) is 9.59 Å². The molecule has 3 nitrogen and oxygen atoms in total. The molecule has 1 aromatic rings. The molecule has 3 heteroatoms. The van der Waals surface area contributed by atoms with Crippen LogP contribution in [-0.4, -0.2) is 11.8 Å². The summed E-state index contributed by atoms with van der Waals surface area (Å²) in [5.41, 5.74) is 0.692. The second-order valence-electron chi connectivity index (χ2n) is 4.50. The van der Waals surface area contributed by atoms with Crippen molar-refractivity contribution in [3.05, 3.63) is 42.5 Å². The van der Waals surface area contributed by atoms with Crippen molar-refractivity contribution in [3.8, 4) is 0 Å². The molecule has 1 saturated heterocycles. The van der Waals surface area contributed by atoms with Crippen molar-refractivity contribution in [2.75, 3.05) is 4.90 Å². The number of hydrogen-bond acceptors (Lipinski definition) is 2. The highest BCUT2D eigenvalue weighted by atomic mass is 16.2. The Kier molecular flexibility index (Phi) is 2.32. The van der Waals surface area contributed by atoms with E-state index < -0.39 is 0 Å². The molecule has 17 heavy (non-hydrogen) atoms. The van der Waals surface area contributed by atoms with Gasteiger partial charge in [-0.15, -0.1) is 0 Å². The molecule has 86 valence electrons. The van der Waals surface area contributed by atoms with Gasteiger partial charge in [0.1, 0.15) is 0 Å². The lowest BCUT2D eigenvalue weighted by Crippen LogP contribution is -2.30. The van der Waals surface area contributed by atoms with Crippen molar-refractivity contribution in [1.82, 2.24) is 0 Å². The normalized spacial score (nSPS) is 27.4. The number of anilines is 1. The summed E-state index contributed by atoms with van der Waals surface area (Å²) in [5.74, 6) is -0.383. The molecule has 1 fully saturated rings. The van der Waals surface area contributed by atoms with Gasteiger partial charge in [-0.3, -0.25) is 14.5 Å². The Bertz CT molecular complexity index is 466. The lowest BCUT2D eigenvalue weighted by molar-refractivity contribution is -0.122. The van der Waals surface area contributed by atoms with E-state index in [1.807, 2.05) is 30.4 Å². The molecular formula is C14H13NO2. The zero-order valence-electron chi connectivity index (χ0n) is 9.37. The second kappa shape index (κ2) is 3.84. The van der Waals surface area contributed by atoms with Crippen molar-refractivity contribution < 1.29 is 9.59 Å². The first-order chi connectivity index (χ1) is 8.29. The summed E-state index contributed by atoms with van der Waals surface area (Å²) in [6, 6.07) is 9.18. The Morgan fingerprint density at radius 2 is 1.41 bits per heavy atom. The summed E-state index contributed by atoms with van der Waals surface area (Å²) in [4.78, 5) is 25.8. The number of hydrogen-bond donors (Lipinski definition) is 0. The van der Waals surface area contributed by atoms with E-state index >= 15 is 0 Å². The van der Waals surface area contributed by atoms with Gasteiger partial charge in [-0.05, 0) is 25.0 Å². The summed E-state index contributed by atoms with van der Waals surface area (Å²) < 4.78 is 0. The lowest BCUT2D eigenvalue weighted by atomic mass is 9.85. The molecule has 1 heterocycles. The lowest BCUT2D eigenvalue weighted by Gasteiger charge is -2.14. The standard InChI is InChI=1S/C14H13NO2/c16-13-11-8-4-5-9-12(11)14(17)15(13)10-6-2-1-3-7-10/h1-7,11-12H,8-9H2. The molecule has 2 aliphatic rings. The number of rotatable bonds is 1. The minimum Gasteiger partial charge on any atom is -0.274 e. The van der Waals surface area contributed by atoms with Crippen LogP contribution < -0.4 is 4.90 Å². The number of carbonyl (C=O) groups is 2. The summed E-state index contributed by atoms with van der Waals surface area (Å²) >= 11 is 0. The highest BCUT2D eigenvalue weighted by molar-refractivity contribution is 6.22. The fourth-order valence-corrected chi connectivity index (χ4v) is 2.63. The summed E-state index contributed by atoms with van der Waals surface area (Å²) in [7, 11) is 0. The van der Waals surface area contributed by atoms with Crippen LogP contribution in [0.3, 0.4) is 0 Å². The van der Waals surface area contributed by atoms with E-state index in [-0.39, 0.29) is 23.7 Å². The summed E-state index contributed by atoms with van der Waals surface area (Å²) in [6.45, 7) is 0. The molecule has 0 N–H and O–H groups in total. The average molecular weight is 227 g/mol. The molecule has 0 bridgehead atoms. The second-order valence-corrected chi connectivity index (χ2v) is 4.50. The van der Waals surface area contributed by atoms with Crippen molar-refractivity contribution in [2.24, 2.45) is 11.8 Å². The third-order valence-electron chi connectivity index (χ3n) is 3.52. The van der Waals surface area contributed by atoms with Crippen molar-refractivity contribution in [1.29, 1.82) is 0 Å². The van der Waals surface area contributed by atoms with Crippen LogP contribution in [0.15, 0.2) is 42.5 Å². The first kappa shape index (κ1) is 10.3. The number of amides is 2. The van der Waals surface area contributed by atoms with Gasteiger partial charge in [-0.25, -0.2) is 0 Å². The van der Waals surface area contributed by atoms with Crippen LogP contribution in [0.4, 0.5) is 5.69 Å². The minimum atomic E-state index is -0.146. The van der Waals surface area contributed by atoms with Gasteiger partial charge in [0.2, 0.25) is 11.8 Å². The molecule has 0 aromatic heterocycles. The van der Waals surface area contributed by atoms with Crippen molar-refractivity contribution >= 4 is 17.5 Å². The van der Waals surface area contributed by atoms with E-state index in [4.69, 9.17) is 0 Å². The van der Waals surface area contributed by atoms with E-state index in [2.05, 4.69) is 0 Å². The first-order valence-electron chi connectivity index (χ1n) is 5.87. The molecule has 2 atom stereocenters. The third-order valence-corrected chi connectivity index (χ3v) is 3.52. The maximum Gasteiger partial charge on any atom is 0.238 e. The zero-order chi connectivity index (χ0) is 11.8. The number of benzene rings is 1. The van der Waals surface area contributed by atoms with Gasteiger partial charge in [-0.2, -0.15) is 0 Å². The maximum absolute atomic E-state index is 12.2. The van der Waals surface area contributed by atoms with Crippen LogP contribution in [0, 0.1) is 11.8 Å². The zero-order valence-corrected chi connectivity index (χ0v) is 9.37. The van der Waals surface area contributed by atoms with Gasteiger partial charge in [0.05, 0.1) is 17.5 Å². The number of para-hydroxylation sites is 1. The predicted molar refractivity (Wildman–Crippen MR) is 64.3 cm³/mol. The largest absolute Gasteiger partial charge is 0.274 e. The number of carbonyl (C=O) groups excluding carboxylic acids is 2. The van der Waals surface area contributed by atoms with Gasteiger partial charge in [0.25, 0.3) is 0 Å². The van der Waals surface area contributed by atoms with Crippen molar-refractivity contribution in [3.63, 3.8) is 0 Å². The molecule has 1 aliphatic heterocycles. The highest BCUT2D eigenvalue weighted by Crippen LogP contribution is 2.37. The van der Waals surface area contributed by atoms with E-state index in [0.29, 0.717) is 18.5 Å². The Balaban J connectivity index is 1.98. The number of imide groups is 1. The fraction of sp³-hybridized carbons (Fsp3) is 0.286. The molecule has 2 amide bonds. The van der Waals surface area contributed by atoms with Gasteiger partial charge < -0.3 is 0 Å². The molecule has 2 unspecified atom stereocenters. The van der Waals surface area contributed by atoms with Crippen LogP contribution in [0.25, 0.3) is 0 Å². The Morgan fingerprint density at radius 1 is 0.882 bits per heavy atom. The first-order valence-corrected chi connectivity index (χ1v) is 5.87. The Morgan fingerprint density at radius 3 is 1.94 bits per heavy atom. The van der Waals surface area contributed by atoms with Crippen LogP contribution in [0.1, 0.15) is 12.8 Å². The minimum absolute atomic E-state index is 0.0458. The van der Waals surface area contributed by atoms with E-state index in [1.54, 1.807) is 12.1 Å². The molecule has 3 rings (SSSR count). The SMILES string of the molecule is O=C1C2CC=CCC2C(=O)N1c1ccccc1. The van der Waals surface area contributed by atoms with Crippen molar-refractivity contribution in [2.45, 2.75) is 12.8 Å². The van der Waals surface area contributed by atoms with Crippen LogP contribution in [-0.2, 0) is 9.59 Å². The summed E-state index contributed by atoms with van der Waals surface area (Å²) in [5, 5.41) is 0. The number of nitrogens with zero attached hydrogens (tertiary/aromatic N) is 1. The molecule has 0 radical (unpaired) electrons. The van der Waals surface area contributed by atoms with Crippen LogP contribution >= 0.6 is 0 Å². The fourth-order valence-electron chi connectivity index (χ4n) is 2.63. The van der Waals surface area contributed by atoms with E-state index in [1.165, 1.54) is 4.90 Å². The third kappa shape index (κ3) is 1.50. The topological polar surface area (TPSA) is 37.4 Å². The Hall–Kier alpha value is -1.90.